The van der Waals surface area contributed by atoms with Crippen LogP contribution in [0.2, 0.25) is 0 Å². The maximum Gasteiger partial charge on any atom is 0.0738 e. The number of aromatic nitrogens is 2. The summed E-state index contributed by atoms with van der Waals surface area (Å²) in [5.74, 6) is 0. The number of halogens is 1. The van der Waals surface area contributed by atoms with Crippen molar-refractivity contribution in [1.82, 2.24) is 9.78 Å². The molecule has 1 heterocycles. The maximum atomic E-state index is 10.6. The van der Waals surface area contributed by atoms with Crippen molar-refractivity contribution in [3.05, 3.63) is 15.9 Å². The topological polar surface area (TPSA) is 64.1 Å². The summed E-state index contributed by atoms with van der Waals surface area (Å²) in [7, 11) is 1.92. The van der Waals surface area contributed by atoms with Gasteiger partial charge in [-0.05, 0) is 48.5 Å². The molecule has 0 aromatic carbocycles. The normalized spacial score (nSPS) is 29.6. The molecule has 2 rings (SSSR count). The highest BCUT2D eigenvalue weighted by Gasteiger charge is 2.34. The fraction of sp³-hybridized carbons (Fsp3) is 0.750. The Morgan fingerprint density at radius 2 is 2.35 bits per heavy atom. The van der Waals surface area contributed by atoms with Gasteiger partial charge in [0.1, 0.15) is 0 Å². The molecule has 96 valence electrons. The molecule has 0 amide bonds. The summed E-state index contributed by atoms with van der Waals surface area (Å²) in [6.45, 7) is 1.96. The van der Waals surface area contributed by atoms with E-state index in [1.807, 2.05) is 18.7 Å². The van der Waals surface area contributed by atoms with Crippen molar-refractivity contribution in [2.75, 3.05) is 0 Å². The summed E-state index contributed by atoms with van der Waals surface area (Å²) in [6, 6.07) is 0.127. The monoisotopic (exact) mass is 301 g/mol. The van der Waals surface area contributed by atoms with Gasteiger partial charge in [0.15, 0.2) is 0 Å². The SMILES string of the molecule is Cc1nn(C)c(CC2(O)CCCC(N)C2)c1Br. The van der Waals surface area contributed by atoms with Crippen molar-refractivity contribution in [3.63, 3.8) is 0 Å². The first kappa shape index (κ1) is 13.1. The van der Waals surface area contributed by atoms with Crippen LogP contribution in [-0.2, 0) is 13.5 Å². The lowest BCUT2D eigenvalue weighted by molar-refractivity contribution is -0.00354. The molecule has 0 aliphatic heterocycles. The van der Waals surface area contributed by atoms with E-state index in [1.165, 1.54) is 0 Å². The number of nitrogens with zero attached hydrogens (tertiary/aromatic N) is 2. The number of aryl methyl sites for hydroxylation is 2. The molecule has 17 heavy (non-hydrogen) atoms. The van der Waals surface area contributed by atoms with Gasteiger partial charge < -0.3 is 10.8 Å². The van der Waals surface area contributed by atoms with Crippen LogP contribution in [0.4, 0.5) is 0 Å². The first-order valence-electron chi connectivity index (χ1n) is 6.07. The Morgan fingerprint density at radius 1 is 1.65 bits per heavy atom. The molecule has 5 heteroatoms. The molecule has 1 aliphatic rings. The third-order valence-electron chi connectivity index (χ3n) is 3.62. The predicted molar refractivity (Wildman–Crippen MR) is 70.7 cm³/mol. The second kappa shape index (κ2) is 4.71. The zero-order valence-corrected chi connectivity index (χ0v) is 12.0. The van der Waals surface area contributed by atoms with Gasteiger partial charge in [-0.3, -0.25) is 4.68 Å². The fourth-order valence-electron chi connectivity index (χ4n) is 2.73. The molecule has 0 spiro atoms. The predicted octanol–water partition coefficient (Wildman–Crippen LogP) is 1.67. The van der Waals surface area contributed by atoms with Crippen LogP contribution in [0, 0.1) is 6.92 Å². The van der Waals surface area contributed by atoms with Gasteiger partial charge >= 0.3 is 0 Å². The number of rotatable bonds is 2. The number of hydrogen-bond acceptors (Lipinski definition) is 3. The van der Waals surface area contributed by atoms with E-state index >= 15 is 0 Å². The van der Waals surface area contributed by atoms with Crippen LogP contribution in [0.3, 0.4) is 0 Å². The summed E-state index contributed by atoms with van der Waals surface area (Å²) < 4.78 is 2.85. The summed E-state index contributed by atoms with van der Waals surface area (Å²) in [4.78, 5) is 0. The molecule has 1 aliphatic carbocycles. The van der Waals surface area contributed by atoms with Crippen molar-refractivity contribution in [3.8, 4) is 0 Å². The van der Waals surface area contributed by atoms with Crippen LogP contribution in [0.25, 0.3) is 0 Å². The third-order valence-corrected chi connectivity index (χ3v) is 4.65. The van der Waals surface area contributed by atoms with Crippen LogP contribution in [0.1, 0.15) is 37.1 Å². The molecule has 4 nitrogen and oxygen atoms in total. The van der Waals surface area contributed by atoms with Gasteiger partial charge in [-0.25, -0.2) is 0 Å². The highest BCUT2D eigenvalue weighted by molar-refractivity contribution is 9.10. The van der Waals surface area contributed by atoms with Crippen molar-refractivity contribution in [2.24, 2.45) is 12.8 Å². The van der Waals surface area contributed by atoms with Gasteiger partial charge in [0.2, 0.25) is 0 Å². The molecule has 1 aromatic rings. The van der Waals surface area contributed by atoms with E-state index in [9.17, 15) is 5.11 Å². The molecule has 0 bridgehead atoms. The van der Waals surface area contributed by atoms with Crippen LogP contribution in [0.5, 0.6) is 0 Å². The van der Waals surface area contributed by atoms with Crippen LogP contribution in [-0.4, -0.2) is 26.5 Å². The molecule has 2 atom stereocenters. The van der Waals surface area contributed by atoms with Crippen LogP contribution < -0.4 is 5.73 Å². The number of nitrogens with two attached hydrogens (primary N) is 1. The molecular weight excluding hydrogens is 282 g/mol. The van der Waals surface area contributed by atoms with Gasteiger partial charge in [-0.15, -0.1) is 0 Å². The Hall–Kier alpha value is -0.390. The van der Waals surface area contributed by atoms with Gasteiger partial charge in [0, 0.05) is 19.5 Å². The largest absolute Gasteiger partial charge is 0.389 e. The Bertz CT molecular complexity index is 418. The second-order valence-corrected chi connectivity index (χ2v) is 6.02. The van der Waals surface area contributed by atoms with Crippen molar-refractivity contribution in [1.29, 1.82) is 0 Å². The molecule has 2 unspecified atom stereocenters. The summed E-state index contributed by atoms with van der Waals surface area (Å²) in [5, 5.41) is 15.0. The summed E-state index contributed by atoms with van der Waals surface area (Å²) in [6.07, 6.45) is 4.17. The highest BCUT2D eigenvalue weighted by atomic mass is 79.9. The third kappa shape index (κ3) is 2.72. The number of aliphatic hydroxyl groups is 1. The minimum absolute atomic E-state index is 0.127. The quantitative estimate of drug-likeness (QED) is 0.873. The zero-order chi connectivity index (χ0) is 12.6. The lowest BCUT2D eigenvalue weighted by atomic mass is 9.79. The average Bonchev–Trinajstić information content (AvgIpc) is 2.44. The first-order chi connectivity index (χ1) is 7.91. The zero-order valence-electron chi connectivity index (χ0n) is 10.4. The molecular formula is C12H20BrN3O. The van der Waals surface area contributed by atoms with Gasteiger partial charge in [0.25, 0.3) is 0 Å². The molecule has 1 fully saturated rings. The van der Waals surface area contributed by atoms with Gasteiger partial charge in [-0.1, -0.05) is 0 Å². The van der Waals surface area contributed by atoms with E-state index in [4.69, 9.17) is 5.73 Å². The van der Waals surface area contributed by atoms with Crippen LogP contribution >= 0.6 is 15.9 Å². The summed E-state index contributed by atoms with van der Waals surface area (Å²) >= 11 is 3.54. The summed E-state index contributed by atoms with van der Waals surface area (Å²) in [5.41, 5.74) is 7.30. The minimum atomic E-state index is -0.666. The number of hydrogen-bond donors (Lipinski definition) is 2. The molecule has 1 saturated carbocycles. The van der Waals surface area contributed by atoms with E-state index in [1.54, 1.807) is 0 Å². The van der Waals surface area contributed by atoms with E-state index in [-0.39, 0.29) is 6.04 Å². The van der Waals surface area contributed by atoms with E-state index in [2.05, 4.69) is 21.0 Å². The van der Waals surface area contributed by atoms with E-state index < -0.39 is 5.60 Å². The lowest BCUT2D eigenvalue weighted by Crippen LogP contribution is -2.43. The Morgan fingerprint density at radius 3 is 2.88 bits per heavy atom. The molecule has 0 radical (unpaired) electrons. The Labute approximate surface area is 110 Å². The van der Waals surface area contributed by atoms with Crippen molar-refractivity contribution < 1.29 is 5.11 Å². The second-order valence-electron chi connectivity index (χ2n) is 5.23. The first-order valence-corrected chi connectivity index (χ1v) is 6.86. The van der Waals surface area contributed by atoms with Crippen molar-refractivity contribution >= 4 is 15.9 Å². The fourth-order valence-corrected chi connectivity index (χ4v) is 3.21. The van der Waals surface area contributed by atoms with E-state index in [0.717, 1.165) is 35.1 Å². The van der Waals surface area contributed by atoms with Gasteiger partial charge in [0.05, 0.1) is 21.5 Å². The average molecular weight is 302 g/mol. The Balaban J connectivity index is 2.19. The molecule has 3 N–H and O–H groups in total. The van der Waals surface area contributed by atoms with Crippen molar-refractivity contribution in [2.45, 2.75) is 50.7 Å². The van der Waals surface area contributed by atoms with Crippen LogP contribution in [0.15, 0.2) is 4.47 Å². The smallest absolute Gasteiger partial charge is 0.0738 e. The van der Waals surface area contributed by atoms with E-state index in [0.29, 0.717) is 12.8 Å². The standard InChI is InChI=1S/C12H20BrN3O/c1-8-11(13)10(16(2)15-8)7-12(17)5-3-4-9(14)6-12/h9,17H,3-7,14H2,1-2H3. The highest BCUT2D eigenvalue weighted by Crippen LogP contribution is 2.33. The molecule has 0 saturated heterocycles. The lowest BCUT2D eigenvalue weighted by Gasteiger charge is -2.35. The minimum Gasteiger partial charge on any atom is -0.389 e. The van der Waals surface area contributed by atoms with Gasteiger partial charge in [-0.2, -0.15) is 5.10 Å². The Kier molecular flexibility index (Phi) is 3.61. The maximum absolute atomic E-state index is 10.6. The molecule has 1 aromatic heterocycles.